The van der Waals surface area contributed by atoms with Gasteiger partial charge in [0, 0.05) is 59.6 Å². The van der Waals surface area contributed by atoms with Crippen LogP contribution in [-0.4, -0.2) is 75.1 Å². The fraction of sp³-hybridized carbons (Fsp3) is 0.306. The van der Waals surface area contributed by atoms with Crippen molar-refractivity contribution in [3.8, 4) is 5.88 Å². The third-order valence-electron chi connectivity index (χ3n) is 8.67. The molecule has 264 valence electrons. The smallest absolute Gasteiger partial charge is 0.407 e. The van der Waals surface area contributed by atoms with Crippen molar-refractivity contribution in [3.63, 3.8) is 0 Å². The third kappa shape index (κ3) is 8.41. The van der Waals surface area contributed by atoms with Crippen LogP contribution in [-0.2, 0) is 26.0 Å². The van der Waals surface area contributed by atoms with Gasteiger partial charge in [0.25, 0.3) is 0 Å². The highest BCUT2D eigenvalue weighted by molar-refractivity contribution is 7.89. The van der Waals surface area contributed by atoms with E-state index in [4.69, 9.17) is 21.1 Å². The van der Waals surface area contributed by atoms with Gasteiger partial charge in [-0.2, -0.15) is 4.31 Å². The van der Waals surface area contributed by atoms with Gasteiger partial charge in [-0.05, 0) is 67.3 Å². The standard InChI is InChI=1S/C36H39ClFN5O6S/c1-23-20-39-22-27(43(23)50(46,47)28-8-5-4-6-9-28)17-18-29-30(38)10-7-11-31(29)41-35(44)34(42-36(45)49-3)33(24-12-15-26(37)16-13-24)25-14-19-32(48-2)40-21-25/h4-16,19,21,23,27,33-34,39H,17-18,20,22H2,1-3H3,(H,41,44)(H,42,45)/t23-,27+,33+,34+/m1/s1. The van der Waals surface area contributed by atoms with E-state index >= 15 is 4.39 Å². The highest BCUT2D eigenvalue weighted by atomic mass is 35.5. The number of sulfonamides is 1. The number of rotatable bonds is 12. The molecule has 14 heteroatoms. The zero-order valence-electron chi connectivity index (χ0n) is 27.8. The van der Waals surface area contributed by atoms with Crippen LogP contribution in [0.4, 0.5) is 14.9 Å². The lowest BCUT2D eigenvalue weighted by molar-refractivity contribution is -0.118. The number of halogens is 2. The molecular weight excluding hydrogens is 685 g/mol. The highest BCUT2D eigenvalue weighted by Gasteiger charge is 2.38. The molecule has 1 aromatic heterocycles. The second-order valence-electron chi connectivity index (χ2n) is 11.9. The summed E-state index contributed by atoms with van der Waals surface area (Å²) in [5, 5.41) is 9.24. The minimum absolute atomic E-state index is 0.111. The molecule has 1 aliphatic heterocycles. The average molecular weight is 724 g/mol. The van der Waals surface area contributed by atoms with Crippen LogP contribution >= 0.6 is 11.6 Å². The molecular formula is C36H39ClFN5O6S. The van der Waals surface area contributed by atoms with Gasteiger partial charge in [-0.3, -0.25) is 4.79 Å². The quantitative estimate of drug-likeness (QED) is 0.178. The van der Waals surface area contributed by atoms with Crippen LogP contribution in [0.2, 0.25) is 5.02 Å². The van der Waals surface area contributed by atoms with Crippen LogP contribution < -0.4 is 20.7 Å². The van der Waals surface area contributed by atoms with Crippen LogP contribution in [0.5, 0.6) is 5.88 Å². The highest BCUT2D eigenvalue weighted by Crippen LogP contribution is 2.32. The molecule has 2 amide bonds. The molecule has 3 aromatic carbocycles. The number of hydrogen-bond donors (Lipinski definition) is 3. The Kier molecular flexibility index (Phi) is 12.1. The topological polar surface area (TPSA) is 139 Å². The largest absolute Gasteiger partial charge is 0.481 e. The molecule has 3 N–H and O–H groups in total. The average Bonchev–Trinajstić information content (AvgIpc) is 3.12. The maximum atomic E-state index is 15.6. The summed E-state index contributed by atoms with van der Waals surface area (Å²) in [5.74, 6) is -1.65. The SMILES string of the molecule is COC(=O)N[C@H](C(=O)Nc1cccc(F)c1CC[C@H]1CNC[C@@H](C)N1S(=O)(=O)c1ccccc1)[C@@H](c1ccc(Cl)cc1)c1ccc(OC)nc1. The summed E-state index contributed by atoms with van der Waals surface area (Å²) in [6.45, 7) is 2.67. The molecule has 5 rings (SSSR count). The van der Waals surface area contributed by atoms with Crippen molar-refractivity contribution in [3.05, 3.63) is 119 Å². The van der Waals surface area contributed by atoms with Crippen molar-refractivity contribution in [1.82, 2.24) is 19.9 Å². The Morgan fingerprint density at radius 3 is 2.38 bits per heavy atom. The Morgan fingerprint density at radius 1 is 1.00 bits per heavy atom. The van der Waals surface area contributed by atoms with Crippen molar-refractivity contribution in [1.29, 1.82) is 0 Å². The predicted octanol–water partition coefficient (Wildman–Crippen LogP) is 5.36. The summed E-state index contributed by atoms with van der Waals surface area (Å²) in [6.07, 6.45) is 1.06. The summed E-state index contributed by atoms with van der Waals surface area (Å²) in [7, 11) is -1.18. The summed E-state index contributed by atoms with van der Waals surface area (Å²) >= 11 is 6.18. The first kappa shape index (κ1) is 36.7. The van der Waals surface area contributed by atoms with Gasteiger partial charge in [-0.15, -0.1) is 0 Å². The van der Waals surface area contributed by atoms with E-state index in [-0.39, 0.29) is 35.0 Å². The van der Waals surface area contributed by atoms with E-state index in [1.807, 2.05) is 6.92 Å². The summed E-state index contributed by atoms with van der Waals surface area (Å²) < 4.78 is 54.6. The number of benzene rings is 3. The first-order valence-corrected chi connectivity index (χ1v) is 17.8. The van der Waals surface area contributed by atoms with E-state index in [2.05, 4.69) is 20.9 Å². The van der Waals surface area contributed by atoms with Crippen molar-refractivity contribution >= 4 is 39.3 Å². The molecule has 11 nitrogen and oxygen atoms in total. The number of amides is 2. The van der Waals surface area contributed by atoms with Gasteiger partial charge in [0.1, 0.15) is 11.9 Å². The van der Waals surface area contributed by atoms with E-state index < -0.39 is 45.8 Å². The molecule has 0 aliphatic carbocycles. The monoisotopic (exact) mass is 723 g/mol. The maximum absolute atomic E-state index is 15.6. The van der Waals surface area contributed by atoms with Crippen LogP contribution in [0.1, 0.15) is 36.0 Å². The Hall–Kier alpha value is -4.56. The Morgan fingerprint density at radius 2 is 1.72 bits per heavy atom. The molecule has 0 unspecified atom stereocenters. The van der Waals surface area contributed by atoms with E-state index in [0.717, 1.165) is 0 Å². The molecule has 1 aliphatic rings. The summed E-state index contributed by atoms with van der Waals surface area (Å²) in [6, 6.07) is 20.6. The Balaban J connectivity index is 1.45. The molecule has 50 heavy (non-hydrogen) atoms. The molecule has 1 saturated heterocycles. The number of ether oxygens (including phenoxy) is 2. The number of carbonyl (C=O) groups is 2. The zero-order chi connectivity index (χ0) is 35.8. The third-order valence-corrected chi connectivity index (χ3v) is 11.0. The van der Waals surface area contributed by atoms with Crippen molar-refractivity contribution < 1.29 is 31.9 Å². The minimum Gasteiger partial charge on any atom is -0.481 e. The summed E-state index contributed by atoms with van der Waals surface area (Å²) in [4.78, 5) is 31.4. The van der Waals surface area contributed by atoms with Crippen molar-refractivity contribution in [2.45, 2.75) is 48.7 Å². The molecule has 0 saturated carbocycles. The lowest BCUT2D eigenvalue weighted by Gasteiger charge is -2.40. The number of nitrogens with zero attached hydrogens (tertiary/aromatic N) is 2. The minimum atomic E-state index is -3.84. The number of alkyl carbamates (subject to hydrolysis) is 1. The first-order valence-electron chi connectivity index (χ1n) is 16.0. The fourth-order valence-electron chi connectivity index (χ4n) is 6.26. The molecule has 0 spiro atoms. The van der Waals surface area contributed by atoms with Gasteiger partial charge in [0.05, 0.1) is 19.1 Å². The van der Waals surface area contributed by atoms with Crippen LogP contribution in [0, 0.1) is 5.82 Å². The van der Waals surface area contributed by atoms with Gasteiger partial charge in [-0.1, -0.05) is 54.1 Å². The molecule has 2 heterocycles. The molecule has 1 fully saturated rings. The van der Waals surface area contributed by atoms with Crippen molar-refractivity contribution in [2.75, 3.05) is 32.6 Å². The maximum Gasteiger partial charge on any atom is 0.407 e. The number of carbonyl (C=O) groups excluding carboxylic acids is 2. The van der Waals surface area contributed by atoms with Gasteiger partial charge in [0.15, 0.2) is 0 Å². The number of anilines is 1. The van der Waals surface area contributed by atoms with Gasteiger partial charge in [-0.25, -0.2) is 22.6 Å². The second kappa shape index (κ2) is 16.4. The van der Waals surface area contributed by atoms with Crippen LogP contribution in [0.15, 0.2) is 96.0 Å². The number of hydrogen-bond acceptors (Lipinski definition) is 8. The number of pyridine rings is 1. The Labute approximate surface area is 296 Å². The number of methoxy groups -OCH3 is 2. The summed E-state index contributed by atoms with van der Waals surface area (Å²) in [5.41, 5.74) is 1.59. The second-order valence-corrected chi connectivity index (χ2v) is 14.2. The van der Waals surface area contributed by atoms with E-state index in [0.29, 0.717) is 35.1 Å². The lowest BCUT2D eigenvalue weighted by Crippen LogP contribution is -2.58. The van der Waals surface area contributed by atoms with E-state index in [1.54, 1.807) is 79.0 Å². The van der Waals surface area contributed by atoms with Crippen LogP contribution in [0.25, 0.3) is 0 Å². The fourth-order valence-corrected chi connectivity index (χ4v) is 8.25. The molecule has 4 aromatic rings. The normalized spacial score (nSPS) is 17.7. The lowest BCUT2D eigenvalue weighted by atomic mass is 9.85. The number of aromatic nitrogens is 1. The predicted molar refractivity (Wildman–Crippen MR) is 188 cm³/mol. The molecule has 4 atom stereocenters. The number of piperazine rings is 1. The van der Waals surface area contributed by atoms with Crippen molar-refractivity contribution in [2.24, 2.45) is 0 Å². The first-order chi connectivity index (χ1) is 24.0. The van der Waals surface area contributed by atoms with E-state index in [9.17, 15) is 18.0 Å². The van der Waals surface area contributed by atoms with Gasteiger partial charge in [0.2, 0.25) is 21.8 Å². The molecule has 0 bridgehead atoms. The van der Waals surface area contributed by atoms with E-state index in [1.165, 1.54) is 30.7 Å². The Bertz CT molecular complexity index is 1880. The van der Waals surface area contributed by atoms with Crippen LogP contribution in [0.3, 0.4) is 0 Å². The van der Waals surface area contributed by atoms with Gasteiger partial charge < -0.3 is 25.4 Å². The molecule has 0 radical (unpaired) electrons. The van der Waals surface area contributed by atoms with Gasteiger partial charge >= 0.3 is 6.09 Å². The zero-order valence-corrected chi connectivity index (χ0v) is 29.4. The number of nitrogens with one attached hydrogen (secondary N) is 3.